The first-order valence-electron chi connectivity index (χ1n) is 18.5. The molecule has 53 heavy (non-hydrogen) atoms. The van der Waals surface area contributed by atoms with Crippen LogP contribution in [0.4, 0.5) is 14.9 Å². The molecule has 3 aromatic carbocycles. The number of piperazine rings is 1. The van der Waals surface area contributed by atoms with Crippen LogP contribution in [0.3, 0.4) is 0 Å². The highest BCUT2D eigenvalue weighted by Gasteiger charge is 2.35. The molecular formula is C42H49FN6O4. The van der Waals surface area contributed by atoms with Gasteiger partial charge in [-0.1, -0.05) is 60.7 Å². The average Bonchev–Trinajstić information content (AvgIpc) is 3.49. The molecule has 10 nitrogen and oxygen atoms in total. The number of amides is 1. The maximum Gasteiger partial charge on any atom is 0.410 e. The number of carbonyl (C=O) groups excluding carboxylic acids is 1. The van der Waals surface area contributed by atoms with Crippen molar-refractivity contribution in [1.82, 2.24) is 24.6 Å². The molecule has 278 valence electrons. The Morgan fingerprint density at radius 1 is 0.849 bits per heavy atom. The number of likely N-dealkylation sites (tertiary alicyclic amines) is 1. The maximum atomic E-state index is 15.3. The van der Waals surface area contributed by atoms with Crippen molar-refractivity contribution in [3.63, 3.8) is 0 Å². The predicted molar refractivity (Wildman–Crippen MR) is 205 cm³/mol. The van der Waals surface area contributed by atoms with Crippen LogP contribution in [0.15, 0.2) is 91.0 Å². The van der Waals surface area contributed by atoms with Crippen LogP contribution in [0.2, 0.25) is 0 Å². The highest BCUT2D eigenvalue weighted by atomic mass is 19.1. The summed E-state index contributed by atoms with van der Waals surface area (Å²) in [7, 11) is 1.96. The smallest absolute Gasteiger partial charge is 0.410 e. The summed E-state index contributed by atoms with van der Waals surface area (Å²) in [4.78, 5) is 23.5. The number of pyridine rings is 1. The SMILES string of the molecule is Cn1nc(-c2ccc(OCc3ccccc3)nc2OCc2ccccc2)c2ccc(N3CCN(CC4CCN(C(=O)OC(C)(C)C)CC4F)CC3)cc21. The van der Waals surface area contributed by atoms with Crippen LogP contribution in [0, 0.1) is 5.92 Å². The number of aryl methyl sites for hydroxylation is 1. The highest BCUT2D eigenvalue weighted by Crippen LogP contribution is 2.37. The van der Waals surface area contributed by atoms with Crippen molar-refractivity contribution >= 4 is 22.7 Å². The largest absolute Gasteiger partial charge is 0.473 e. The topological polar surface area (TPSA) is 85.2 Å². The number of hydrogen-bond donors (Lipinski definition) is 0. The third kappa shape index (κ3) is 8.90. The predicted octanol–water partition coefficient (Wildman–Crippen LogP) is 7.51. The Bertz CT molecular complexity index is 1990. The van der Waals surface area contributed by atoms with E-state index < -0.39 is 17.9 Å². The number of benzene rings is 3. The van der Waals surface area contributed by atoms with Crippen LogP contribution in [0.5, 0.6) is 11.8 Å². The van der Waals surface area contributed by atoms with E-state index in [1.807, 2.05) is 105 Å². The minimum atomic E-state index is -1.06. The fraction of sp³-hybridized carbons (Fsp3) is 0.405. The number of nitrogens with zero attached hydrogens (tertiary/aromatic N) is 6. The molecule has 0 saturated carbocycles. The first-order valence-corrected chi connectivity index (χ1v) is 18.5. The first-order chi connectivity index (χ1) is 25.6. The summed E-state index contributed by atoms with van der Waals surface area (Å²) in [6, 6.07) is 30.4. The van der Waals surface area contributed by atoms with Gasteiger partial charge >= 0.3 is 6.09 Å². The summed E-state index contributed by atoms with van der Waals surface area (Å²) in [5.41, 5.74) is 5.24. The van der Waals surface area contributed by atoms with Crippen molar-refractivity contribution in [2.24, 2.45) is 13.0 Å². The Kier molecular flexibility index (Phi) is 10.8. The number of alkyl halides is 1. The molecule has 2 aromatic heterocycles. The average molecular weight is 721 g/mol. The lowest BCUT2D eigenvalue weighted by molar-refractivity contribution is 0.00145. The van der Waals surface area contributed by atoms with Gasteiger partial charge in [0, 0.05) is 69.4 Å². The Morgan fingerprint density at radius 3 is 2.19 bits per heavy atom. The molecule has 11 heteroatoms. The summed E-state index contributed by atoms with van der Waals surface area (Å²) in [6.45, 7) is 10.9. The lowest BCUT2D eigenvalue weighted by atomic mass is 9.94. The van der Waals surface area contributed by atoms with E-state index in [1.54, 1.807) is 0 Å². The molecule has 0 bridgehead atoms. The molecule has 0 radical (unpaired) electrons. The molecule has 2 aliphatic rings. The third-order valence-corrected chi connectivity index (χ3v) is 9.93. The number of piperidine rings is 1. The van der Waals surface area contributed by atoms with E-state index in [0.29, 0.717) is 44.5 Å². The molecule has 5 aromatic rings. The van der Waals surface area contributed by atoms with Gasteiger partial charge in [-0.05, 0) is 62.6 Å². The second kappa shape index (κ2) is 15.8. The monoisotopic (exact) mass is 720 g/mol. The van der Waals surface area contributed by atoms with Crippen LogP contribution in [-0.4, -0.2) is 88.2 Å². The number of carbonyl (C=O) groups is 1. The van der Waals surface area contributed by atoms with Gasteiger partial charge < -0.3 is 24.0 Å². The number of hydrogen-bond acceptors (Lipinski definition) is 8. The first kappa shape index (κ1) is 36.2. The van der Waals surface area contributed by atoms with Gasteiger partial charge in [-0.3, -0.25) is 9.58 Å². The lowest BCUT2D eigenvalue weighted by Gasteiger charge is -2.40. The van der Waals surface area contributed by atoms with Crippen molar-refractivity contribution in [3.8, 4) is 23.0 Å². The van der Waals surface area contributed by atoms with E-state index in [2.05, 4.69) is 28.0 Å². The summed E-state index contributed by atoms with van der Waals surface area (Å²) < 4.78 is 35.0. The molecule has 1 amide bonds. The molecule has 2 unspecified atom stereocenters. The molecule has 2 aliphatic heterocycles. The Labute approximate surface area is 311 Å². The fourth-order valence-electron chi connectivity index (χ4n) is 7.06. The molecule has 2 saturated heterocycles. The molecule has 0 spiro atoms. The van der Waals surface area contributed by atoms with E-state index in [1.165, 1.54) is 4.90 Å². The summed E-state index contributed by atoms with van der Waals surface area (Å²) in [5, 5.41) is 5.97. The number of fused-ring (bicyclic) bond motifs is 1. The van der Waals surface area contributed by atoms with E-state index in [9.17, 15) is 4.79 Å². The standard InChI is InChI=1S/C42H49FN6O4/c1-42(2,3)53-41(50)49-20-19-32(36(43)27-49)26-47-21-23-48(24-22-47)33-15-16-34-37(25-33)46(4)45-39(34)35-17-18-38(51-28-30-11-7-5-8-12-30)44-40(35)52-29-31-13-9-6-10-14-31/h5-18,25,32,36H,19-24,26-29H2,1-4H3. The van der Waals surface area contributed by atoms with Crippen LogP contribution in [0.25, 0.3) is 22.2 Å². The van der Waals surface area contributed by atoms with Crippen molar-refractivity contribution in [2.75, 3.05) is 50.7 Å². The van der Waals surface area contributed by atoms with Gasteiger partial charge in [0.15, 0.2) is 0 Å². The number of ether oxygens (including phenoxy) is 3. The van der Waals surface area contributed by atoms with Crippen molar-refractivity contribution in [3.05, 3.63) is 102 Å². The molecule has 0 N–H and O–H groups in total. The van der Waals surface area contributed by atoms with Gasteiger partial charge in [-0.15, -0.1) is 0 Å². The summed E-state index contributed by atoms with van der Waals surface area (Å²) in [5.74, 6) is 0.853. The quantitative estimate of drug-likeness (QED) is 0.147. The zero-order chi connectivity index (χ0) is 37.0. The van der Waals surface area contributed by atoms with Gasteiger partial charge in [-0.2, -0.15) is 10.1 Å². The van der Waals surface area contributed by atoms with Gasteiger partial charge in [0.2, 0.25) is 11.8 Å². The molecule has 7 rings (SSSR count). The van der Waals surface area contributed by atoms with Crippen LogP contribution >= 0.6 is 0 Å². The maximum absolute atomic E-state index is 15.3. The molecule has 2 fully saturated rings. The highest BCUT2D eigenvalue weighted by molar-refractivity contribution is 5.96. The Hall–Kier alpha value is -5.16. The van der Waals surface area contributed by atoms with Gasteiger partial charge in [0.1, 0.15) is 30.7 Å². The normalized spacial score (nSPS) is 18.3. The van der Waals surface area contributed by atoms with E-state index >= 15 is 4.39 Å². The summed E-state index contributed by atoms with van der Waals surface area (Å²) >= 11 is 0. The molecular weight excluding hydrogens is 671 g/mol. The minimum absolute atomic E-state index is 0.0924. The fourth-order valence-corrected chi connectivity index (χ4v) is 7.06. The molecule has 4 heterocycles. The minimum Gasteiger partial charge on any atom is -0.473 e. The van der Waals surface area contributed by atoms with Crippen LogP contribution in [0.1, 0.15) is 38.3 Å². The van der Waals surface area contributed by atoms with E-state index in [-0.39, 0.29) is 12.5 Å². The number of halogens is 1. The van der Waals surface area contributed by atoms with Gasteiger partial charge in [0.25, 0.3) is 0 Å². The van der Waals surface area contributed by atoms with Crippen molar-refractivity contribution in [1.29, 1.82) is 0 Å². The van der Waals surface area contributed by atoms with E-state index in [4.69, 9.17) is 24.3 Å². The van der Waals surface area contributed by atoms with Gasteiger partial charge in [0.05, 0.1) is 17.6 Å². The Balaban J connectivity index is 1.02. The van der Waals surface area contributed by atoms with Crippen LogP contribution in [-0.2, 0) is 25.0 Å². The number of rotatable bonds is 10. The summed E-state index contributed by atoms with van der Waals surface area (Å²) in [6.07, 6.45) is -0.855. The van der Waals surface area contributed by atoms with Gasteiger partial charge in [-0.25, -0.2) is 9.18 Å². The van der Waals surface area contributed by atoms with Crippen LogP contribution < -0.4 is 14.4 Å². The zero-order valence-corrected chi connectivity index (χ0v) is 31.1. The van der Waals surface area contributed by atoms with E-state index in [0.717, 1.165) is 65.2 Å². The molecule has 2 atom stereocenters. The zero-order valence-electron chi connectivity index (χ0n) is 31.1. The number of aromatic nitrogens is 3. The Morgan fingerprint density at radius 2 is 1.53 bits per heavy atom. The van der Waals surface area contributed by atoms with Crippen molar-refractivity contribution in [2.45, 2.75) is 52.2 Å². The molecule has 0 aliphatic carbocycles. The third-order valence-electron chi connectivity index (χ3n) is 9.93. The second-order valence-electron chi connectivity index (χ2n) is 15.0. The number of anilines is 1. The van der Waals surface area contributed by atoms with Crippen molar-refractivity contribution < 1.29 is 23.4 Å². The lowest BCUT2D eigenvalue weighted by Crippen LogP contribution is -2.52. The second-order valence-corrected chi connectivity index (χ2v) is 15.0.